The van der Waals surface area contributed by atoms with Gasteiger partial charge in [-0.25, -0.2) is 12.8 Å². The molecule has 2 aromatic rings. The molecule has 0 aliphatic carbocycles. The van der Waals surface area contributed by atoms with Gasteiger partial charge in [0.1, 0.15) is 5.82 Å². The Labute approximate surface area is 130 Å². The van der Waals surface area contributed by atoms with Crippen molar-refractivity contribution in [3.05, 3.63) is 43.5 Å². The Hall–Kier alpha value is -0.190. The highest BCUT2D eigenvalue weighted by Crippen LogP contribution is 2.30. The van der Waals surface area contributed by atoms with Crippen LogP contribution in [-0.2, 0) is 10.0 Å². The molecule has 0 atom stereocenters. The van der Waals surface area contributed by atoms with Crippen molar-refractivity contribution in [3.8, 4) is 0 Å². The molecule has 0 unspecified atom stereocenters. The molecule has 1 aromatic heterocycles. The van der Waals surface area contributed by atoms with E-state index in [1.807, 2.05) is 22.6 Å². The molecular weight excluding hydrogens is 456 g/mol. The molecule has 0 radical (unpaired) electrons. The van der Waals surface area contributed by atoms with Gasteiger partial charge in [0.2, 0.25) is 0 Å². The third kappa shape index (κ3) is 3.03. The lowest BCUT2D eigenvalue weighted by molar-refractivity contribution is 0.602. The highest BCUT2D eigenvalue weighted by molar-refractivity contribution is 14.1. The summed E-state index contributed by atoms with van der Waals surface area (Å²) in [7, 11) is -3.64. The average molecular weight is 462 g/mol. The summed E-state index contributed by atoms with van der Waals surface area (Å²) in [6.07, 6.45) is 0. The molecule has 2 rings (SSSR count). The van der Waals surface area contributed by atoms with Crippen LogP contribution in [0.3, 0.4) is 0 Å². The fourth-order valence-corrected chi connectivity index (χ4v) is 5.45. The van der Waals surface area contributed by atoms with Crippen molar-refractivity contribution in [3.63, 3.8) is 0 Å². The topological polar surface area (TPSA) is 46.2 Å². The summed E-state index contributed by atoms with van der Waals surface area (Å²) >= 11 is 6.16. The van der Waals surface area contributed by atoms with Crippen molar-refractivity contribution < 1.29 is 12.8 Å². The molecule has 0 aliphatic rings. The molecule has 1 heterocycles. The highest BCUT2D eigenvalue weighted by Gasteiger charge is 2.20. The van der Waals surface area contributed by atoms with Crippen molar-refractivity contribution in [1.29, 1.82) is 0 Å². The van der Waals surface area contributed by atoms with Crippen LogP contribution in [-0.4, -0.2) is 8.42 Å². The minimum atomic E-state index is -3.64. The number of hydrogen-bond acceptors (Lipinski definition) is 3. The summed E-state index contributed by atoms with van der Waals surface area (Å²) in [6.45, 7) is 0. The number of sulfonamides is 1. The van der Waals surface area contributed by atoms with Gasteiger partial charge >= 0.3 is 0 Å². The molecule has 18 heavy (non-hydrogen) atoms. The second kappa shape index (κ2) is 5.43. The van der Waals surface area contributed by atoms with Crippen molar-refractivity contribution in [2.45, 2.75) is 4.21 Å². The maximum Gasteiger partial charge on any atom is 0.272 e. The lowest BCUT2D eigenvalue weighted by Crippen LogP contribution is -2.13. The summed E-state index contributed by atoms with van der Waals surface area (Å²) in [5.41, 5.74) is 0.359. The predicted molar refractivity (Wildman–Crippen MR) is 81.9 cm³/mol. The first kappa shape index (κ1) is 14.2. The summed E-state index contributed by atoms with van der Waals surface area (Å²) < 4.78 is 40.8. The third-order valence-electron chi connectivity index (χ3n) is 2.00. The first-order chi connectivity index (χ1) is 8.40. The van der Waals surface area contributed by atoms with E-state index >= 15 is 0 Å². The van der Waals surface area contributed by atoms with E-state index in [9.17, 15) is 12.8 Å². The zero-order valence-electron chi connectivity index (χ0n) is 8.65. The standard InChI is InChI=1S/C10H6BrFINO2S2/c11-7-3-4-17-10(7)18(15,16)14-9-2-1-6(12)5-8(9)13/h1-5,14H. The van der Waals surface area contributed by atoms with Crippen LogP contribution in [0.15, 0.2) is 38.3 Å². The van der Waals surface area contributed by atoms with Gasteiger partial charge in [0, 0.05) is 8.04 Å². The molecule has 0 fully saturated rings. The van der Waals surface area contributed by atoms with Gasteiger partial charge < -0.3 is 0 Å². The second-order valence-corrected chi connectivity index (χ2v) is 8.10. The molecule has 0 amide bonds. The zero-order valence-corrected chi connectivity index (χ0v) is 14.0. The lowest BCUT2D eigenvalue weighted by atomic mass is 10.3. The van der Waals surface area contributed by atoms with Crippen LogP contribution in [0.4, 0.5) is 10.1 Å². The smallest absolute Gasteiger partial charge is 0.272 e. The van der Waals surface area contributed by atoms with E-state index in [4.69, 9.17) is 0 Å². The number of hydrogen-bond donors (Lipinski definition) is 1. The minimum absolute atomic E-state index is 0.197. The summed E-state index contributed by atoms with van der Waals surface area (Å²) in [4.78, 5) is 0. The average Bonchev–Trinajstić information content (AvgIpc) is 2.69. The molecule has 96 valence electrons. The SMILES string of the molecule is O=S(=O)(Nc1ccc(F)cc1I)c1sccc1Br. The number of rotatable bonds is 3. The molecule has 0 saturated carbocycles. The van der Waals surface area contributed by atoms with Crippen molar-refractivity contribution >= 4 is 65.6 Å². The van der Waals surface area contributed by atoms with Gasteiger partial charge in [0.25, 0.3) is 10.0 Å². The van der Waals surface area contributed by atoms with Gasteiger partial charge in [-0.1, -0.05) is 0 Å². The summed E-state index contributed by atoms with van der Waals surface area (Å²) in [6, 6.07) is 5.54. The lowest BCUT2D eigenvalue weighted by Gasteiger charge is -2.08. The van der Waals surface area contributed by atoms with E-state index < -0.39 is 15.8 Å². The zero-order chi connectivity index (χ0) is 13.3. The fourth-order valence-electron chi connectivity index (χ4n) is 1.23. The molecule has 1 aromatic carbocycles. The monoisotopic (exact) mass is 461 g/mol. The van der Waals surface area contributed by atoms with Gasteiger partial charge in [-0.3, -0.25) is 4.72 Å². The first-order valence-electron chi connectivity index (χ1n) is 4.61. The van der Waals surface area contributed by atoms with Crippen molar-refractivity contribution in [2.75, 3.05) is 4.72 Å². The van der Waals surface area contributed by atoms with E-state index in [2.05, 4.69) is 20.7 Å². The Bertz CT molecular complexity index is 687. The molecule has 0 saturated heterocycles. The van der Waals surface area contributed by atoms with Crippen LogP contribution in [0, 0.1) is 9.39 Å². The largest absolute Gasteiger partial charge is 0.278 e. The number of halogens is 3. The number of benzene rings is 1. The third-order valence-corrected chi connectivity index (χ3v) is 6.93. The van der Waals surface area contributed by atoms with Crippen LogP contribution in [0.2, 0.25) is 0 Å². The first-order valence-corrected chi connectivity index (χ1v) is 8.84. The number of anilines is 1. The molecular formula is C10H6BrFINO2S2. The normalized spacial score (nSPS) is 11.5. The second-order valence-electron chi connectivity index (χ2n) is 3.29. The van der Waals surface area contributed by atoms with E-state index in [1.165, 1.54) is 18.2 Å². The van der Waals surface area contributed by atoms with Crippen molar-refractivity contribution in [2.24, 2.45) is 0 Å². The van der Waals surface area contributed by atoms with Gasteiger partial charge in [-0.2, -0.15) is 0 Å². The van der Waals surface area contributed by atoms with E-state index in [1.54, 1.807) is 11.4 Å². The van der Waals surface area contributed by atoms with Crippen molar-refractivity contribution in [1.82, 2.24) is 0 Å². The number of nitrogens with one attached hydrogen (secondary N) is 1. The summed E-state index contributed by atoms with van der Waals surface area (Å²) in [5.74, 6) is -0.403. The maximum atomic E-state index is 12.9. The Morgan fingerprint density at radius 1 is 1.33 bits per heavy atom. The van der Waals surface area contributed by atoms with E-state index in [0.29, 0.717) is 13.7 Å². The Morgan fingerprint density at radius 3 is 2.61 bits per heavy atom. The Balaban J connectivity index is 2.37. The minimum Gasteiger partial charge on any atom is -0.278 e. The Kier molecular flexibility index (Phi) is 4.29. The Morgan fingerprint density at radius 2 is 2.06 bits per heavy atom. The van der Waals surface area contributed by atoms with Gasteiger partial charge in [-0.15, -0.1) is 11.3 Å². The molecule has 0 spiro atoms. The van der Waals surface area contributed by atoms with Gasteiger partial charge in [-0.05, 0) is 68.2 Å². The van der Waals surface area contributed by atoms with Gasteiger partial charge in [0.05, 0.1) is 5.69 Å². The molecule has 8 heteroatoms. The molecule has 0 bridgehead atoms. The van der Waals surface area contributed by atoms with Gasteiger partial charge in [0.15, 0.2) is 4.21 Å². The molecule has 0 aliphatic heterocycles. The van der Waals surface area contributed by atoms with Crippen LogP contribution >= 0.6 is 49.9 Å². The highest BCUT2D eigenvalue weighted by atomic mass is 127. The van der Waals surface area contributed by atoms with Crippen LogP contribution in [0.1, 0.15) is 0 Å². The quantitative estimate of drug-likeness (QED) is 0.700. The number of thiophene rings is 1. The van der Waals surface area contributed by atoms with E-state index in [0.717, 1.165) is 11.3 Å². The van der Waals surface area contributed by atoms with Crippen LogP contribution < -0.4 is 4.72 Å². The summed E-state index contributed by atoms with van der Waals surface area (Å²) in [5, 5.41) is 1.67. The van der Waals surface area contributed by atoms with E-state index in [-0.39, 0.29) is 4.21 Å². The van der Waals surface area contributed by atoms with Crippen LogP contribution in [0.5, 0.6) is 0 Å². The fraction of sp³-hybridized carbons (Fsp3) is 0. The van der Waals surface area contributed by atoms with Crippen LogP contribution in [0.25, 0.3) is 0 Å². The molecule has 3 nitrogen and oxygen atoms in total. The maximum absolute atomic E-state index is 12.9. The molecule has 1 N–H and O–H groups in total. The predicted octanol–water partition coefficient (Wildman–Crippen LogP) is 4.06.